The molecule has 120 valence electrons. The van der Waals surface area contributed by atoms with Crippen molar-refractivity contribution < 1.29 is 13.5 Å². The van der Waals surface area contributed by atoms with Crippen LogP contribution in [0.4, 0.5) is 8.78 Å². The monoisotopic (exact) mass is 299 g/mol. The van der Waals surface area contributed by atoms with Crippen LogP contribution in [0.1, 0.15) is 39.7 Å². The Morgan fingerprint density at radius 3 is 2.48 bits per heavy atom. The highest BCUT2D eigenvalue weighted by Crippen LogP contribution is 2.18. The molecule has 0 radical (unpaired) electrons. The first-order chi connectivity index (χ1) is 9.99. The first kappa shape index (κ1) is 18.1. The van der Waals surface area contributed by atoms with E-state index in [4.69, 9.17) is 4.74 Å². The molecule has 1 N–H and O–H groups in total. The summed E-state index contributed by atoms with van der Waals surface area (Å²) in [6.07, 6.45) is 1.38. The largest absolute Gasteiger partial charge is 0.377 e. The standard InChI is InChI=1S/C17H27F2NO/c1-5-9-20-16(17(12(3)4)21-6-2)11-13-10-14(18)7-8-15(13)19/h7-8,10,12,16-17,20H,5-6,9,11H2,1-4H3. The third kappa shape index (κ3) is 5.71. The van der Waals surface area contributed by atoms with Crippen LogP contribution in [0.15, 0.2) is 18.2 Å². The molecule has 0 aliphatic heterocycles. The van der Waals surface area contributed by atoms with E-state index in [1.807, 2.05) is 6.92 Å². The Bertz CT molecular complexity index is 423. The fourth-order valence-electron chi connectivity index (χ4n) is 2.54. The minimum absolute atomic E-state index is 0.0239. The van der Waals surface area contributed by atoms with E-state index in [0.29, 0.717) is 24.5 Å². The van der Waals surface area contributed by atoms with Crippen LogP contribution in [0.3, 0.4) is 0 Å². The van der Waals surface area contributed by atoms with E-state index >= 15 is 0 Å². The van der Waals surface area contributed by atoms with Gasteiger partial charge in [0.05, 0.1) is 6.10 Å². The quantitative estimate of drug-likeness (QED) is 0.746. The SMILES string of the molecule is CCCNC(Cc1cc(F)ccc1F)C(OCC)C(C)C. The molecule has 2 atom stereocenters. The van der Waals surface area contributed by atoms with Gasteiger partial charge in [-0.3, -0.25) is 0 Å². The van der Waals surface area contributed by atoms with Crippen molar-refractivity contribution >= 4 is 0 Å². The van der Waals surface area contributed by atoms with Crippen molar-refractivity contribution in [3.8, 4) is 0 Å². The van der Waals surface area contributed by atoms with Crippen molar-refractivity contribution in [1.29, 1.82) is 0 Å². The minimum atomic E-state index is -0.404. The summed E-state index contributed by atoms with van der Waals surface area (Å²) in [7, 11) is 0. The second-order valence-electron chi connectivity index (χ2n) is 5.66. The number of halogens is 2. The lowest BCUT2D eigenvalue weighted by molar-refractivity contribution is 0.00344. The Kier molecular flexibility index (Phi) is 7.83. The van der Waals surface area contributed by atoms with Gasteiger partial charge >= 0.3 is 0 Å². The van der Waals surface area contributed by atoms with Gasteiger partial charge in [-0.1, -0.05) is 20.8 Å². The molecular formula is C17H27F2NO. The number of hydrogen-bond donors (Lipinski definition) is 1. The van der Waals surface area contributed by atoms with Gasteiger partial charge in [0.15, 0.2) is 0 Å². The zero-order valence-corrected chi connectivity index (χ0v) is 13.5. The molecule has 0 spiro atoms. The third-order valence-corrected chi connectivity index (χ3v) is 3.52. The lowest BCUT2D eigenvalue weighted by Gasteiger charge is -2.31. The molecule has 2 nitrogen and oxygen atoms in total. The van der Waals surface area contributed by atoms with Gasteiger partial charge in [-0.2, -0.15) is 0 Å². The maximum Gasteiger partial charge on any atom is 0.126 e. The highest BCUT2D eigenvalue weighted by molar-refractivity contribution is 5.20. The maximum atomic E-state index is 13.9. The number of benzene rings is 1. The van der Waals surface area contributed by atoms with Crippen molar-refractivity contribution in [2.75, 3.05) is 13.2 Å². The average Bonchev–Trinajstić information content (AvgIpc) is 2.44. The molecule has 0 fully saturated rings. The normalized spacial score (nSPS) is 14.4. The van der Waals surface area contributed by atoms with Crippen molar-refractivity contribution in [1.82, 2.24) is 5.32 Å². The van der Waals surface area contributed by atoms with E-state index < -0.39 is 5.82 Å². The zero-order valence-electron chi connectivity index (χ0n) is 13.5. The lowest BCUT2D eigenvalue weighted by Crippen LogP contribution is -2.46. The Hall–Kier alpha value is -1.00. The van der Waals surface area contributed by atoms with Crippen LogP contribution in [0.2, 0.25) is 0 Å². The van der Waals surface area contributed by atoms with Gasteiger partial charge in [-0.25, -0.2) is 8.78 Å². The maximum absolute atomic E-state index is 13.9. The van der Waals surface area contributed by atoms with Gasteiger partial charge in [-0.15, -0.1) is 0 Å². The van der Waals surface area contributed by atoms with E-state index in [0.717, 1.165) is 19.0 Å². The molecule has 0 aliphatic carbocycles. The van der Waals surface area contributed by atoms with Crippen LogP contribution < -0.4 is 5.32 Å². The Labute approximate surface area is 126 Å². The molecular weight excluding hydrogens is 272 g/mol. The van der Waals surface area contributed by atoms with Gasteiger partial charge in [-0.05, 0) is 56.0 Å². The molecule has 0 aromatic heterocycles. The zero-order chi connectivity index (χ0) is 15.8. The van der Waals surface area contributed by atoms with E-state index in [-0.39, 0.29) is 18.0 Å². The van der Waals surface area contributed by atoms with Crippen LogP contribution in [0.25, 0.3) is 0 Å². The van der Waals surface area contributed by atoms with Crippen molar-refractivity contribution in [2.45, 2.75) is 52.7 Å². The molecule has 0 heterocycles. The van der Waals surface area contributed by atoms with Crippen LogP contribution in [0, 0.1) is 17.6 Å². The molecule has 0 saturated heterocycles. The summed E-state index contributed by atoms with van der Waals surface area (Å²) in [5, 5.41) is 3.42. The Balaban J connectivity index is 2.92. The van der Waals surface area contributed by atoms with Gasteiger partial charge in [0.2, 0.25) is 0 Å². The average molecular weight is 299 g/mol. The molecule has 2 unspecified atom stereocenters. The molecule has 1 aromatic carbocycles. The van der Waals surface area contributed by atoms with Crippen LogP contribution in [-0.4, -0.2) is 25.3 Å². The summed E-state index contributed by atoms with van der Waals surface area (Å²) in [6.45, 7) is 9.65. The predicted molar refractivity (Wildman–Crippen MR) is 82.4 cm³/mol. The van der Waals surface area contributed by atoms with Crippen LogP contribution in [-0.2, 0) is 11.2 Å². The van der Waals surface area contributed by atoms with Gasteiger partial charge in [0.25, 0.3) is 0 Å². The second-order valence-corrected chi connectivity index (χ2v) is 5.66. The summed E-state index contributed by atoms with van der Waals surface area (Å²) in [5.41, 5.74) is 0.397. The summed E-state index contributed by atoms with van der Waals surface area (Å²) in [5.74, 6) is -0.465. The minimum Gasteiger partial charge on any atom is -0.377 e. The number of hydrogen-bond acceptors (Lipinski definition) is 2. The topological polar surface area (TPSA) is 21.3 Å². The molecule has 0 bridgehead atoms. The summed E-state index contributed by atoms with van der Waals surface area (Å²) in [6, 6.07) is 3.59. The fourth-order valence-corrected chi connectivity index (χ4v) is 2.54. The van der Waals surface area contributed by atoms with E-state index in [1.165, 1.54) is 12.1 Å². The van der Waals surface area contributed by atoms with E-state index in [1.54, 1.807) is 0 Å². The number of nitrogens with one attached hydrogen (secondary N) is 1. The first-order valence-corrected chi connectivity index (χ1v) is 7.78. The van der Waals surface area contributed by atoms with E-state index in [9.17, 15) is 8.78 Å². The highest BCUT2D eigenvalue weighted by Gasteiger charge is 2.25. The fraction of sp³-hybridized carbons (Fsp3) is 0.647. The summed E-state index contributed by atoms with van der Waals surface area (Å²) in [4.78, 5) is 0. The smallest absolute Gasteiger partial charge is 0.126 e. The van der Waals surface area contributed by atoms with Crippen LogP contribution in [0.5, 0.6) is 0 Å². The first-order valence-electron chi connectivity index (χ1n) is 7.78. The molecule has 21 heavy (non-hydrogen) atoms. The number of rotatable bonds is 9. The molecule has 1 aromatic rings. The van der Waals surface area contributed by atoms with Crippen molar-refractivity contribution in [3.63, 3.8) is 0 Å². The predicted octanol–water partition coefficient (Wildman–Crippen LogP) is 3.94. The summed E-state index contributed by atoms with van der Waals surface area (Å²) >= 11 is 0. The third-order valence-electron chi connectivity index (χ3n) is 3.52. The number of ether oxygens (including phenoxy) is 1. The van der Waals surface area contributed by atoms with Crippen LogP contribution >= 0.6 is 0 Å². The molecule has 0 amide bonds. The highest BCUT2D eigenvalue weighted by atomic mass is 19.1. The summed E-state index contributed by atoms with van der Waals surface area (Å²) < 4.78 is 33.0. The van der Waals surface area contributed by atoms with Gasteiger partial charge in [0, 0.05) is 12.6 Å². The van der Waals surface area contributed by atoms with E-state index in [2.05, 4.69) is 26.1 Å². The molecule has 0 saturated carbocycles. The van der Waals surface area contributed by atoms with Gasteiger partial charge in [0.1, 0.15) is 11.6 Å². The molecule has 0 aliphatic rings. The van der Waals surface area contributed by atoms with Gasteiger partial charge < -0.3 is 10.1 Å². The molecule has 1 rings (SSSR count). The van der Waals surface area contributed by atoms with Crippen molar-refractivity contribution in [2.24, 2.45) is 5.92 Å². The van der Waals surface area contributed by atoms with Crippen molar-refractivity contribution in [3.05, 3.63) is 35.4 Å². The molecule has 4 heteroatoms. The lowest BCUT2D eigenvalue weighted by atomic mass is 9.93. The second kappa shape index (κ2) is 9.11. The Morgan fingerprint density at radius 2 is 1.90 bits per heavy atom. The Morgan fingerprint density at radius 1 is 1.19 bits per heavy atom.